The number of carboxylic acids is 1. The van der Waals surface area contributed by atoms with Crippen molar-refractivity contribution in [3.8, 4) is 0 Å². The van der Waals surface area contributed by atoms with Crippen LogP contribution in [0.4, 0.5) is 0 Å². The summed E-state index contributed by atoms with van der Waals surface area (Å²) >= 11 is 0. The van der Waals surface area contributed by atoms with E-state index in [1.165, 1.54) is 0 Å². The lowest BCUT2D eigenvalue weighted by molar-refractivity contribution is -0.140. The molecule has 0 radical (unpaired) electrons. The van der Waals surface area contributed by atoms with Gasteiger partial charge in [0, 0.05) is 18.8 Å². The molecule has 0 aromatic heterocycles. The van der Waals surface area contributed by atoms with Crippen LogP contribution in [-0.2, 0) is 14.3 Å². The van der Waals surface area contributed by atoms with Crippen molar-refractivity contribution in [3.63, 3.8) is 0 Å². The van der Waals surface area contributed by atoms with E-state index < -0.39 is 23.2 Å². The first kappa shape index (κ1) is 13.3. The van der Waals surface area contributed by atoms with Gasteiger partial charge in [-0.2, -0.15) is 0 Å². The van der Waals surface area contributed by atoms with Crippen molar-refractivity contribution in [1.29, 1.82) is 0 Å². The second-order valence-corrected chi connectivity index (χ2v) is 6.28. The highest BCUT2D eigenvalue weighted by Gasteiger charge is 2.66. The van der Waals surface area contributed by atoms with Gasteiger partial charge in [-0.15, -0.1) is 0 Å². The van der Waals surface area contributed by atoms with Gasteiger partial charge in [-0.1, -0.05) is 13.8 Å². The van der Waals surface area contributed by atoms with Gasteiger partial charge >= 0.3 is 5.97 Å². The van der Waals surface area contributed by atoms with E-state index in [9.17, 15) is 9.59 Å². The molecule has 0 aromatic carbocycles. The topological polar surface area (TPSA) is 75.6 Å². The first-order valence-corrected chi connectivity index (χ1v) is 6.40. The normalized spacial score (nSPS) is 32.6. The van der Waals surface area contributed by atoms with Gasteiger partial charge in [0.15, 0.2) is 0 Å². The van der Waals surface area contributed by atoms with Crippen molar-refractivity contribution in [2.45, 2.75) is 39.2 Å². The van der Waals surface area contributed by atoms with E-state index in [4.69, 9.17) is 9.84 Å². The number of aliphatic carboxylic acids is 1. The monoisotopic (exact) mass is 255 g/mol. The Bertz CT molecular complexity index is 371. The number of carbonyl (C=O) groups excluding carboxylic acids is 1. The first-order chi connectivity index (χ1) is 8.28. The molecule has 1 saturated carbocycles. The van der Waals surface area contributed by atoms with Crippen LogP contribution in [0.15, 0.2) is 0 Å². The van der Waals surface area contributed by atoms with Crippen LogP contribution in [-0.4, -0.2) is 35.7 Å². The van der Waals surface area contributed by atoms with E-state index in [0.29, 0.717) is 13.2 Å². The summed E-state index contributed by atoms with van der Waals surface area (Å²) in [6, 6.07) is 0. The summed E-state index contributed by atoms with van der Waals surface area (Å²) in [6.45, 7) is 6.96. The van der Waals surface area contributed by atoms with E-state index in [0.717, 1.165) is 12.8 Å². The quantitative estimate of drug-likeness (QED) is 0.789. The molecule has 1 amide bonds. The van der Waals surface area contributed by atoms with Crippen LogP contribution in [0, 0.1) is 17.3 Å². The molecule has 5 heteroatoms. The summed E-state index contributed by atoms with van der Waals surface area (Å²) in [5, 5.41) is 12.1. The van der Waals surface area contributed by atoms with E-state index in [1.807, 2.05) is 20.8 Å². The minimum atomic E-state index is -0.878. The number of carboxylic acid groups (broad SMARTS) is 1. The highest BCUT2D eigenvalue weighted by molar-refractivity contribution is 5.92. The molecule has 2 N–H and O–H groups in total. The number of hydrogen-bond acceptors (Lipinski definition) is 3. The van der Waals surface area contributed by atoms with E-state index in [2.05, 4.69) is 5.32 Å². The Labute approximate surface area is 107 Å². The van der Waals surface area contributed by atoms with Gasteiger partial charge in [-0.25, -0.2) is 0 Å². The molecule has 5 nitrogen and oxygen atoms in total. The van der Waals surface area contributed by atoms with Crippen molar-refractivity contribution in [3.05, 3.63) is 0 Å². The maximum atomic E-state index is 12.2. The standard InChI is InChI=1S/C13H21NO4/c1-12(2)8(9(12)11(16)17)10(15)14-13(3)4-6-18-7-5-13/h8-9H,4-7H2,1-3H3,(H,14,15)(H,16,17). The van der Waals surface area contributed by atoms with Crippen LogP contribution in [0.2, 0.25) is 0 Å². The van der Waals surface area contributed by atoms with Gasteiger partial charge in [0.25, 0.3) is 0 Å². The van der Waals surface area contributed by atoms with Crippen LogP contribution in [0.25, 0.3) is 0 Å². The third-order valence-corrected chi connectivity index (χ3v) is 4.40. The van der Waals surface area contributed by atoms with Crippen molar-refractivity contribution in [2.75, 3.05) is 13.2 Å². The molecule has 1 saturated heterocycles. The Hall–Kier alpha value is -1.10. The molecule has 2 fully saturated rings. The van der Waals surface area contributed by atoms with E-state index in [1.54, 1.807) is 0 Å². The Morgan fingerprint density at radius 1 is 1.17 bits per heavy atom. The summed E-state index contributed by atoms with van der Waals surface area (Å²) in [7, 11) is 0. The van der Waals surface area contributed by atoms with Crippen LogP contribution in [0.5, 0.6) is 0 Å². The van der Waals surface area contributed by atoms with E-state index in [-0.39, 0.29) is 11.4 Å². The lowest BCUT2D eigenvalue weighted by Crippen LogP contribution is -2.50. The smallest absolute Gasteiger partial charge is 0.307 e. The number of hydrogen-bond donors (Lipinski definition) is 2. The van der Waals surface area contributed by atoms with Gasteiger partial charge in [-0.3, -0.25) is 9.59 Å². The molecule has 1 heterocycles. The minimum absolute atomic E-state index is 0.128. The molecule has 2 rings (SSSR count). The van der Waals surface area contributed by atoms with Gasteiger partial charge in [-0.05, 0) is 25.2 Å². The number of rotatable bonds is 3. The van der Waals surface area contributed by atoms with Crippen molar-refractivity contribution in [1.82, 2.24) is 5.32 Å². The zero-order chi connectivity index (χ0) is 13.6. The van der Waals surface area contributed by atoms with Gasteiger partial charge < -0.3 is 15.2 Å². The minimum Gasteiger partial charge on any atom is -0.481 e. The largest absolute Gasteiger partial charge is 0.481 e. The van der Waals surface area contributed by atoms with Crippen LogP contribution < -0.4 is 5.32 Å². The number of carbonyl (C=O) groups is 2. The third-order valence-electron chi connectivity index (χ3n) is 4.40. The zero-order valence-corrected chi connectivity index (χ0v) is 11.2. The summed E-state index contributed by atoms with van der Waals surface area (Å²) < 4.78 is 5.28. The molecule has 18 heavy (non-hydrogen) atoms. The molecule has 1 aliphatic heterocycles. The predicted octanol–water partition coefficient (Wildman–Crippen LogP) is 1.03. The first-order valence-electron chi connectivity index (χ1n) is 6.40. The second-order valence-electron chi connectivity index (χ2n) is 6.28. The highest BCUT2D eigenvalue weighted by Crippen LogP contribution is 2.58. The molecular formula is C13H21NO4. The summed E-state index contributed by atoms with van der Waals surface area (Å²) in [6.07, 6.45) is 1.56. The Morgan fingerprint density at radius 2 is 1.72 bits per heavy atom. The third kappa shape index (κ3) is 2.23. The number of amides is 1. The Morgan fingerprint density at radius 3 is 2.17 bits per heavy atom. The molecule has 2 unspecified atom stereocenters. The lowest BCUT2D eigenvalue weighted by Gasteiger charge is -2.34. The Kier molecular flexibility index (Phi) is 3.13. The fraction of sp³-hybridized carbons (Fsp3) is 0.846. The summed E-state index contributed by atoms with van der Waals surface area (Å²) in [4.78, 5) is 23.3. The van der Waals surface area contributed by atoms with E-state index >= 15 is 0 Å². The molecule has 102 valence electrons. The van der Waals surface area contributed by atoms with Crippen LogP contribution >= 0.6 is 0 Å². The maximum absolute atomic E-state index is 12.2. The fourth-order valence-corrected chi connectivity index (χ4v) is 2.91. The molecule has 0 bridgehead atoms. The molecule has 1 aliphatic carbocycles. The maximum Gasteiger partial charge on any atom is 0.307 e. The number of nitrogens with one attached hydrogen (secondary N) is 1. The highest BCUT2D eigenvalue weighted by atomic mass is 16.5. The summed E-state index contributed by atoms with van der Waals surface area (Å²) in [5.74, 6) is -1.97. The van der Waals surface area contributed by atoms with Gasteiger partial charge in [0.2, 0.25) is 5.91 Å². The van der Waals surface area contributed by atoms with Crippen molar-refractivity contribution < 1.29 is 19.4 Å². The lowest BCUT2D eigenvalue weighted by atomic mass is 9.92. The SMILES string of the molecule is CC1(NC(=O)C2C(C(=O)O)C2(C)C)CCOCC1. The Balaban J connectivity index is 1.99. The molecular weight excluding hydrogens is 234 g/mol. The average molecular weight is 255 g/mol. The van der Waals surface area contributed by atoms with Crippen molar-refractivity contribution >= 4 is 11.9 Å². The van der Waals surface area contributed by atoms with Gasteiger partial charge in [0.1, 0.15) is 0 Å². The molecule has 0 spiro atoms. The van der Waals surface area contributed by atoms with Gasteiger partial charge in [0.05, 0.1) is 11.8 Å². The molecule has 2 atom stereocenters. The van der Waals surface area contributed by atoms with Crippen LogP contribution in [0.1, 0.15) is 33.6 Å². The van der Waals surface area contributed by atoms with Crippen LogP contribution in [0.3, 0.4) is 0 Å². The zero-order valence-electron chi connectivity index (χ0n) is 11.2. The van der Waals surface area contributed by atoms with Crippen molar-refractivity contribution in [2.24, 2.45) is 17.3 Å². The number of ether oxygens (including phenoxy) is 1. The second kappa shape index (κ2) is 4.23. The summed E-state index contributed by atoms with van der Waals surface area (Å²) in [5.41, 5.74) is -0.686. The predicted molar refractivity (Wildman–Crippen MR) is 65.0 cm³/mol. The fourth-order valence-electron chi connectivity index (χ4n) is 2.91. The molecule has 2 aliphatic rings. The average Bonchev–Trinajstić information content (AvgIpc) is 2.82. The molecule has 0 aromatic rings.